The Kier molecular flexibility index (Phi) is 6.10. The largest absolute Gasteiger partial charge is 0.489 e. The molecule has 0 amide bonds. The van der Waals surface area contributed by atoms with E-state index in [2.05, 4.69) is 4.72 Å². The minimum atomic E-state index is -3.81. The molecule has 0 saturated carbocycles. The number of nitro benzene ring substituents is 1. The first kappa shape index (κ1) is 20.3. The summed E-state index contributed by atoms with van der Waals surface area (Å²) in [6, 6.07) is 19.7. The molecule has 29 heavy (non-hydrogen) atoms. The van der Waals surface area contributed by atoms with Crippen LogP contribution < -0.4 is 14.2 Å². The molecule has 3 rings (SSSR count). The van der Waals surface area contributed by atoms with Crippen LogP contribution in [0.25, 0.3) is 0 Å². The average molecular weight is 414 g/mol. The van der Waals surface area contributed by atoms with Crippen LogP contribution in [0, 0.1) is 10.1 Å². The highest BCUT2D eigenvalue weighted by molar-refractivity contribution is 7.89. The van der Waals surface area contributed by atoms with Crippen LogP contribution >= 0.6 is 0 Å². The molecule has 1 N–H and O–H groups in total. The summed E-state index contributed by atoms with van der Waals surface area (Å²) in [5, 5.41) is 11.3. The Hall–Kier alpha value is -3.43. The molecule has 0 spiro atoms. The molecule has 3 aromatic carbocycles. The van der Waals surface area contributed by atoms with E-state index in [9.17, 15) is 18.5 Å². The summed E-state index contributed by atoms with van der Waals surface area (Å²) in [7, 11) is -2.58. The maximum absolute atomic E-state index is 11.9. The Bertz CT molecular complexity index is 1100. The molecule has 0 aliphatic heterocycles. The van der Waals surface area contributed by atoms with Gasteiger partial charge >= 0.3 is 5.69 Å². The molecule has 0 bridgehead atoms. The summed E-state index contributed by atoms with van der Waals surface area (Å²) in [5.41, 5.74) is 0.575. The molecule has 0 aromatic heterocycles. The van der Waals surface area contributed by atoms with Gasteiger partial charge in [-0.15, -0.1) is 0 Å². The Labute approximate surface area is 167 Å². The van der Waals surface area contributed by atoms with Gasteiger partial charge in [0.2, 0.25) is 15.8 Å². The second-order valence-corrected chi connectivity index (χ2v) is 7.83. The lowest BCUT2D eigenvalue weighted by molar-refractivity contribution is -0.385. The monoisotopic (exact) mass is 414 g/mol. The van der Waals surface area contributed by atoms with Crippen LogP contribution in [-0.4, -0.2) is 20.4 Å². The van der Waals surface area contributed by atoms with E-state index in [-0.39, 0.29) is 10.6 Å². The number of hydrogen-bond donors (Lipinski definition) is 1. The van der Waals surface area contributed by atoms with E-state index >= 15 is 0 Å². The van der Waals surface area contributed by atoms with Crippen molar-refractivity contribution in [3.8, 4) is 17.2 Å². The van der Waals surface area contributed by atoms with Crippen LogP contribution in [0.4, 0.5) is 5.69 Å². The number of benzene rings is 3. The lowest BCUT2D eigenvalue weighted by Gasteiger charge is -2.10. The summed E-state index contributed by atoms with van der Waals surface area (Å²) in [4.78, 5) is 10.4. The lowest BCUT2D eigenvalue weighted by Crippen LogP contribution is -2.18. The number of ether oxygens (including phenoxy) is 2. The third-order valence-electron chi connectivity index (χ3n) is 4.01. The van der Waals surface area contributed by atoms with Crippen LogP contribution in [0.3, 0.4) is 0 Å². The van der Waals surface area contributed by atoms with Crippen molar-refractivity contribution >= 4 is 15.7 Å². The average Bonchev–Trinajstić information content (AvgIpc) is 2.74. The highest BCUT2D eigenvalue weighted by Crippen LogP contribution is 2.34. The smallest absolute Gasteiger partial charge is 0.312 e. The van der Waals surface area contributed by atoms with E-state index in [1.165, 1.54) is 19.2 Å². The Morgan fingerprint density at radius 2 is 1.62 bits per heavy atom. The molecule has 0 unspecified atom stereocenters. The van der Waals surface area contributed by atoms with Gasteiger partial charge in [0.05, 0.1) is 9.82 Å². The minimum absolute atomic E-state index is 0.0667. The molecule has 150 valence electrons. The highest BCUT2D eigenvalue weighted by atomic mass is 32.2. The third kappa shape index (κ3) is 5.09. The highest BCUT2D eigenvalue weighted by Gasteiger charge is 2.21. The van der Waals surface area contributed by atoms with Crippen molar-refractivity contribution in [3.05, 3.63) is 88.5 Å². The minimum Gasteiger partial charge on any atom is -0.489 e. The molecule has 0 heterocycles. The van der Waals surface area contributed by atoms with Crippen LogP contribution in [0.5, 0.6) is 17.2 Å². The van der Waals surface area contributed by atoms with Crippen LogP contribution in [-0.2, 0) is 16.6 Å². The SMILES string of the molecule is CNS(=O)(=O)c1ccc(Oc2ccc(OCc3ccccc3)cc2)c([N+](=O)[O-])c1. The topological polar surface area (TPSA) is 108 Å². The summed E-state index contributed by atoms with van der Waals surface area (Å²) >= 11 is 0. The van der Waals surface area contributed by atoms with Gasteiger partial charge in [-0.25, -0.2) is 13.1 Å². The number of rotatable bonds is 8. The maximum atomic E-state index is 11.9. The molecule has 8 nitrogen and oxygen atoms in total. The molecule has 3 aromatic rings. The molecular formula is C20H18N2O6S. The van der Waals surface area contributed by atoms with Gasteiger partial charge in [-0.2, -0.15) is 0 Å². The number of nitrogens with zero attached hydrogens (tertiary/aromatic N) is 1. The number of hydrogen-bond acceptors (Lipinski definition) is 6. The van der Waals surface area contributed by atoms with Gasteiger partial charge in [0, 0.05) is 6.07 Å². The summed E-state index contributed by atoms with van der Waals surface area (Å²) in [6.07, 6.45) is 0. The molecule has 0 aliphatic carbocycles. The van der Waals surface area contributed by atoms with Gasteiger partial charge in [0.15, 0.2) is 0 Å². The second-order valence-electron chi connectivity index (χ2n) is 5.94. The lowest BCUT2D eigenvalue weighted by atomic mass is 10.2. The molecule has 0 atom stereocenters. The van der Waals surface area contributed by atoms with Crippen molar-refractivity contribution in [2.75, 3.05) is 7.05 Å². The molecule has 0 fully saturated rings. The number of sulfonamides is 1. The first-order valence-electron chi connectivity index (χ1n) is 8.56. The summed E-state index contributed by atoms with van der Waals surface area (Å²) in [5.74, 6) is 0.901. The van der Waals surface area contributed by atoms with Crippen LogP contribution in [0.2, 0.25) is 0 Å². The molecular weight excluding hydrogens is 396 g/mol. The van der Waals surface area contributed by atoms with Gasteiger partial charge in [-0.05, 0) is 49.0 Å². The normalized spacial score (nSPS) is 11.1. The van der Waals surface area contributed by atoms with Crippen LogP contribution in [0.1, 0.15) is 5.56 Å². The van der Waals surface area contributed by atoms with Crippen molar-refractivity contribution in [2.45, 2.75) is 11.5 Å². The zero-order chi connectivity index (χ0) is 20.9. The maximum Gasteiger partial charge on any atom is 0.312 e. The van der Waals surface area contributed by atoms with E-state index in [0.717, 1.165) is 11.6 Å². The van der Waals surface area contributed by atoms with Gasteiger partial charge in [-0.1, -0.05) is 30.3 Å². The predicted molar refractivity (Wildman–Crippen MR) is 107 cm³/mol. The summed E-state index contributed by atoms with van der Waals surface area (Å²) in [6.45, 7) is 0.411. The van der Waals surface area contributed by atoms with Crippen molar-refractivity contribution < 1.29 is 22.8 Å². The first-order valence-corrected chi connectivity index (χ1v) is 10.0. The van der Waals surface area contributed by atoms with Gasteiger partial charge < -0.3 is 9.47 Å². The van der Waals surface area contributed by atoms with E-state index in [4.69, 9.17) is 9.47 Å². The van der Waals surface area contributed by atoms with Gasteiger partial charge in [-0.3, -0.25) is 10.1 Å². The Balaban J connectivity index is 1.75. The van der Waals surface area contributed by atoms with Crippen LogP contribution in [0.15, 0.2) is 77.7 Å². The zero-order valence-corrected chi connectivity index (χ0v) is 16.3. The van der Waals surface area contributed by atoms with E-state index in [1.807, 2.05) is 30.3 Å². The van der Waals surface area contributed by atoms with Crippen molar-refractivity contribution in [1.29, 1.82) is 0 Å². The zero-order valence-electron chi connectivity index (χ0n) is 15.4. The van der Waals surface area contributed by atoms with Crippen molar-refractivity contribution in [1.82, 2.24) is 4.72 Å². The first-order chi connectivity index (χ1) is 13.9. The van der Waals surface area contributed by atoms with E-state index in [0.29, 0.717) is 18.1 Å². The number of nitro groups is 1. The van der Waals surface area contributed by atoms with E-state index in [1.54, 1.807) is 24.3 Å². The fourth-order valence-corrected chi connectivity index (χ4v) is 3.23. The molecule has 0 saturated heterocycles. The van der Waals surface area contributed by atoms with E-state index < -0.39 is 20.6 Å². The standard InChI is InChI=1S/C20H18N2O6S/c1-21-29(25,26)18-11-12-20(19(13-18)22(23)24)28-17-9-7-16(8-10-17)27-14-15-5-3-2-4-6-15/h2-13,21H,14H2,1H3. The van der Waals surface area contributed by atoms with Gasteiger partial charge in [0.25, 0.3) is 0 Å². The Morgan fingerprint density at radius 3 is 2.24 bits per heavy atom. The molecule has 9 heteroatoms. The predicted octanol–water partition coefficient (Wildman–Crippen LogP) is 3.87. The third-order valence-corrected chi connectivity index (χ3v) is 5.42. The molecule has 0 radical (unpaired) electrons. The second kappa shape index (κ2) is 8.72. The quantitative estimate of drug-likeness (QED) is 0.443. The van der Waals surface area contributed by atoms with Gasteiger partial charge in [0.1, 0.15) is 18.1 Å². The summed E-state index contributed by atoms with van der Waals surface area (Å²) < 4.78 is 37.1. The Morgan fingerprint density at radius 1 is 0.966 bits per heavy atom. The van der Waals surface area contributed by atoms with Crippen molar-refractivity contribution in [3.63, 3.8) is 0 Å². The van der Waals surface area contributed by atoms with Crippen molar-refractivity contribution in [2.24, 2.45) is 0 Å². The fourth-order valence-electron chi connectivity index (χ4n) is 2.48. The number of nitrogens with one attached hydrogen (secondary N) is 1. The molecule has 0 aliphatic rings. The fraction of sp³-hybridized carbons (Fsp3) is 0.100.